The Balaban J connectivity index is 1.00. The van der Waals surface area contributed by atoms with Crippen molar-refractivity contribution in [2.45, 2.75) is 83.8 Å². The molecular weight excluding hydrogens is 572 g/mol. The van der Waals surface area contributed by atoms with E-state index in [0.717, 1.165) is 100 Å². The van der Waals surface area contributed by atoms with E-state index in [1.54, 1.807) is 16.2 Å². The monoisotopic (exact) mass is 622 g/mol. The molecule has 1 aromatic carbocycles. The van der Waals surface area contributed by atoms with E-state index in [2.05, 4.69) is 21.2 Å². The van der Waals surface area contributed by atoms with Crippen molar-refractivity contribution in [1.82, 2.24) is 24.3 Å². The molecule has 0 spiro atoms. The molecule has 0 saturated carbocycles. The Morgan fingerprint density at radius 1 is 0.889 bits per heavy atom. The highest BCUT2D eigenvalue weighted by molar-refractivity contribution is 6.00. The van der Waals surface area contributed by atoms with Gasteiger partial charge in [0.05, 0.1) is 16.7 Å². The zero-order valence-corrected chi connectivity index (χ0v) is 27.4. The number of ether oxygens (including phenoxy) is 1. The first-order valence-electron chi connectivity index (χ1n) is 17.0. The van der Waals surface area contributed by atoms with Crippen LogP contribution in [0.2, 0.25) is 0 Å². The molecule has 4 saturated heterocycles. The van der Waals surface area contributed by atoms with Gasteiger partial charge in [-0.25, -0.2) is 9.59 Å². The third kappa shape index (κ3) is 6.78. The quantitative estimate of drug-likeness (QED) is 0.504. The molecule has 11 nitrogen and oxygen atoms in total. The van der Waals surface area contributed by atoms with Gasteiger partial charge in [0.25, 0.3) is 0 Å². The van der Waals surface area contributed by atoms with Crippen LogP contribution in [-0.4, -0.2) is 88.3 Å². The number of hydrogen-bond donors (Lipinski definition) is 1. The summed E-state index contributed by atoms with van der Waals surface area (Å²) >= 11 is 0. The van der Waals surface area contributed by atoms with Crippen LogP contribution in [0.4, 0.5) is 10.5 Å². The first kappa shape index (κ1) is 31.6. The molecule has 0 aliphatic carbocycles. The van der Waals surface area contributed by atoms with Gasteiger partial charge in [-0.3, -0.25) is 24.0 Å². The fourth-order valence-corrected chi connectivity index (χ4v) is 8.11. The molecule has 4 aliphatic rings. The van der Waals surface area contributed by atoms with Crippen LogP contribution in [0, 0.1) is 17.8 Å². The highest BCUT2D eigenvalue weighted by atomic mass is 16.6. The molecule has 5 heterocycles. The number of carbonyl (C=O) groups is 3. The molecule has 11 heteroatoms. The number of nitrogens with one attached hydrogen (secondary N) is 1. The summed E-state index contributed by atoms with van der Waals surface area (Å²) in [5.74, 6) is 1.44. The minimum Gasteiger partial charge on any atom is -0.444 e. The molecular formula is C34H50N6O5. The first-order chi connectivity index (χ1) is 21.5. The number of aromatic nitrogens is 2. The van der Waals surface area contributed by atoms with Gasteiger partial charge in [-0.1, -0.05) is 6.07 Å². The Kier molecular flexibility index (Phi) is 9.00. The molecule has 1 aromatic heterocycles. The highest BCUT2D eigenvalue weighted by Crippen LogP contribution is 2.37. The fourth-order valence-electron chi connectivity index (χ4n) is 8.11. The maximum absolute atomic E-state index is 13.4. The topological polar surface area (TPSA) is 109 Å². The van der Waals surface area contributed by atoms with Crippen molar-refractivity contribution >= 4 is 34.6 Å². The second-order valence-corrected chi connectivity index (χ2v) is 14.7. The zero-order chi connectivity index (χ0) is 31.9. The number of para-hydroxylation sites is 1. The van der Waals surface area contributed by atoms with Crippen molar-refractivity contribution in [3.63, 3.8) is 0 Å². The molecule has 1 N–H and O–H groups in total. The molecule has 0 bridgehead atoms. The molecule has 1 atom stereocenters. The standard InChI is InChI=1S/C34H50N6O5/c1-34(2,3)45-33(44)39-18-10-23(11-19-39)22-37-16-12-24(13-17-37)25-14-20-38(21-15-25)26-6-5-7-27-30(26)36(4)32(43)40(27)28-8-9-29(41)35-31(28)42/h5-7,23-25,28H,8-22H2,1-4H3,(H,35,41,42). The van der Waals surface area contributed by atoms with E-state index in [1.165, 1.54) is 12.8 Å². The largest absolute Gasteiger partial charge is 0.444 e. The number of likely N-dealkylation sites (tertiary alicyclic amines) is 2. The number of imide groups is 1. The molecule has 2 aromatic rings. The van der Waals surface area contributed by atoms with Crippen LogP contribution >= 0.6 is 0 Å². The lowest BCUT2D eigenvalue weighted by molar-refractivity contribution is -0.135. The van der Waals surface area contributed by atoms with E-state index in [4.69, 9.17) is 4.74 Å². The molecule has 4 fully saturated rings. The lowest BCUT2D eigenvalue weighted by atomic mass is 9.78. The molecule has 4 aliphatic heterocycles. The average Bonchev–Trinajstić information content (AvgIpc) is 3.26. The van der Waals surface area contributed by atoms with Gasteiger partial charge in [0.15, 0.2) is 0 Å². The number of rotatable bonds is 5. The summed E-state index contributed by atoms with van der Waals surface area (Å²) in [6.45, 7) is 12.7. The third-order valence-electron chi connectivity index (χ3n) is 10.6. The Labute approximate surface area is 265 Å². The minimum absolute atomic E-state index is 0.181. The van der Waals surface area contributed by atoms with Gasteiger partial charge in [-0.15, -0.1) is 0 Å². The summed E-state index contributed by atoms with van der Waals surface area (Å²) in [6, 6.07) is 5.31. The van der Waals surface area contributed by atoms with Gasteiger partial charge in [0.1, 0.15) is 11.6 Å². The Hall–Kier alpha value is -3.34. The number of anilines is 1. The number of amides is 3. The summed E-state index contributed by atoms with van der Waals surface area (Å²) in [6.07, 6.45) is 7.28. The van der Waals surface area contributed by atoms with Gasteiger partial charge in [0.2, 0.25) is 11.8 Å². The van der Waals surface area contributed by atoms with Gasteiger partial charge in [-0.2, -0.15) is 0 Å². The first-order valence-corrected chi connectivity index (χ1v) is 17.0. The maximum atomic E-state index is 13.4. The number of aryl methyl sites for hydroxylation is 1. The Morgan fingerprint density at radius 2 is 1.53 bits per heavy atom. The maximum Gasteiger partial charge on any atom is 0.410 e. The number of nitrogens with zero attached hydrogens (tertiary/aromatic N) is 5. The van der Waals surface area contributed by atoms with Crippen molar-refractivity contribution in [2.24, 2.45) is 24.8 Å². The van der Waals surface area contributed by atoms with Crippen molar-refractivity contribution in [3.05, 3.63) is 28.7 Å². The zero-order valence-electron chi connectivity index (χ0n) is 27.4. The average molecular weight is 623 g/mol. The van der Waals surface area contributed by atoms with Crippen LogP contribution in [-0.2, 0) is 21.4 Å². The molecule has 246 valence electrons. The van der Waals surface area contributed by atoms with E-state index in [-0.39, 0.29) is 24.1 Å². The number of benzene rings is 1. The normalized spacial score (nSPS) is 23.5. The van der Waals surface area contributed by atoms with E-state index in [1.807, 2.05) is 37.8 Å². The summed E-state index contributed by atoms with van der Waals surface area (Å²) < 4.78 is 8.80. The second kappa shape index (κ2) is 12.8. The van der Waals surface area contributed by atoms with Gasteiger partial charge in [0, 0.05) is 46.2 Å². The lowest BCUT2D eigenvalue weighted by Crippen LogP contribution is -2.45. The molecule has 6 rings (SSSR count). The summed E-state index contributed by atoms with van der Waals surface area (Å²) in [5.41, 5.74) is 1.98. The second-order valence-electron chi connectivity index (χ2n) is 14.7. The van der Waals surface area contributed by atoms with E-state index < -0.39 is 17.6 Å². The fraction of sp³-hybridized carbons (Fsp3) is 0.706. The highest BCUT2D eigenvalue weighted by Gasteiger charge is 2.34. The van der Waals surface area contributed by atoms with Crippen LogP contribution in [0.3, 0.4) is 0 Å². The van der Waals surface area contributed by atoms with E-state index in [9.17, 15) is 19.2 Å². The summed E-state index contributed by atoms with van der Waals surface area (Å²) in [4.78, 5) is 57.1. The lowest BCUT2D eigenvalue weighted by Gasteiger charge is -2.42. The number of piperidine rings is 4. The van der Waals surface area contributed by atoms with Gasteiger partial charge >= 0.3 is 11.8 Å². The van der Waals surface area contributed by atoms with Crippen molar-refractivity contribution in [1.29, 1.82) is 0 Å². The number of imidazole rings is 1. The predicted molar refractivity (Wildman–Crippen MR) is 173 cm³/mol. The van der Waals surface area contributed by atoms with Crippen LogP contribution in [0.25, 0.3) is 11.0 Å². The van der Waals surface area contributed by atoms with Crippen LogP contribution < -0.4 is 15.9 Å². The van der Waals surface area contributed by atoms with E-state index >= 15 is 0 Å². The van der Waals surface area contributed by atoms with Crippen LogP contribution in [0.1, 0.15) is 78.2 Å². The molecule has 0 radical (unpaired) electrons. The number of fused-ring (bicyclic) bond motifs is 1. The third-order valence-corrected chi connectivity index (χ3v) is 10.6. The Morgan fingerprint density at radius 3 is 2.16 bits per heavy atom. The van der Waals surface area contributed by atoms with Gasteiger partial charge in [-0.05, 0) is 109 Å². The SMILES string of the molecule is Cn1c(=O)n(C2CCC(=O)NC2=O)c2cccc(N3CCC(C4CCN(CC5CCN(C(=O)OC(C)(C)C)CC5)CC4)CC3)c21. The van der Waals surface area contributed by atoms with Crippen LogP contribution in [0.15, 0.2) is 23.0 Å². The molecule has 1 unspecified atom stereocenters. The van der Waals surface area contributed by atoms with Crippen molar-refractivity contribution in [2.75, 3.05) is 50.7 Å². The Bertz CT molecular complexity index is 1470. The smallest absolute Gasteiger partial charge is 0.410 e. The van der Waals surface area contributed by atoms with E-state index in [0.29, 0.717) is 12.3 Å². The minimum atomic E-state index is -0.671. The summed E-state index contributed by atoms with van der Waals surface area (Å²) in [7, 11) is 1.78. The van der Waals surface area contributed by atoms with Gasteiger partial charge < -0.3 is 19.4 Å². The van der Waals surface area contributed by atoms with Crippen LogP contribution in [0.5, 0.6) is 0 Å². The predicted octanol–water partition coefficient (Wildman–Crippen LogP) is 3.89. The van der Waals surface area contributed by atoms with Crippen molar-refractivity contribution < 1.29 is 19.1 Å². The number of carbonyl (C=O) groups excluding carboxylic acids is 3. The molecule has 3 amide bonds. The number of hydrogen-bond acceptors (Lipinski definition) is 7. The summed E-state index contributed by atoms with van der Waals surface area (Å²) in [5, 5.41) is 2.40. The van der Waals surface area contributed by atoms with Crippen molar-refractivity contribution in [3.8, 4) is 0 Å². The molecule has 45 heavy (non-hydrogen) atoms.